The summed E-state index contributed by atoms with van der Waals surface area (Å²) in [5.74, 6) is -1.29. The molecule has 2 aromatic rings. The molecule has 1 heterocycles. The topological polar surface area (TPSA) is 92.7 Å². The molecule has 0 saturated carbocycles. The Morgan fingerprint density at radius 1 is 1.12 bits per heavy atom. The highest BCUT2D eigenvalue weighted by Crippen LogP contribution is 2.21. The maximum atomic E-state index is 12.1. The number of carbonyl (C=O) groups excluding carboxylic acids is 3. The summed E-state index contributed by atoms with van der Waals surface area (Å²) in [6.07, 6.45) is -0.0962. The molecule has 0 saturated heterocycles. The first-order valence-electron chi connectivity index (χ1n) is 7.37. The van der Waals surface area contributed by atoms with Crippen LogP contribution in [0, 0.1) is 6.92 Å². The van der Waals surface area contributed by atoms with Crippen LogP contribution in [0.2, 0.25) is 0 Å². The van der Waals surface area contributed by atoms with Crippen molar-refractivity contribution in [2.24, 2.45) is 0 Å². The number of fused-ring (bicyclic) bond motifs is 1. The smallest absolute Gasteiger partial charge is 0.310 e. The predicted octanol–water partition coefficient (Wildman–Crippen LogP) is 1.87. The molecule has 0 radical (unpaired) electrons. The second kappa shape index (κ2) is 6.16. The molecular formula is C18H15NO5. The van der Waals surface area contributed by atoms with Crippen molar-refractivity contribution >= 4 is 17.8 Å². The van der Waals surface area contributed by atoms with E-state index in [-0.39, 0.29) is 29.9 Å². The van der Waals surface area contributed by atoms with Gasteiger partial charge in [0.05, 0.1) is 17.5 Å². The number of nitrogens with one attached hydrogen (secondary N) is 1. The lowest BCUT2D eigenvalue weighted by Gasteiger charge is -2.09. The van der Waals surface area contributed by atoms with Crippen molar-refractivity contribution in [2.75, 3.05) is 0 Å². The lowest BCUT2D eigenvalue weighted by molar-refractivity contribution is -0.144. The number of hydrogen-bond donors (Lipinski definition) is 2. The van der Waals surface area contributed by atoms with E-state index in [9.17, 15) is 19.5 Å². The van der Waals surface area contributed by atoms with Crippen LogP contribution in [0.5, 0.6) is 5.75 Å². The number of amides is 2. The van der Waals surface area contributed by atoms with Gasteiger partial charge >= 0.3 is 5.97 Å². The first-order chi connectivity index (χ1) is 11.5. The van der Waals surface area contributed by atoms with Crippen LogP contribution < -0.4 is 5.32 Å². The molecule has 122 valence electrons. The number of esters is 1. The van der Waals surface area contributed by atoms with Crippen LogP contribution in [0.3, 0.4) is 0 Å². The number of phenols is 1. The van der Waals surface area contributed by atoms with Gasteiger partial charge < -0.3 is 9.84 Å². The van der Waals surface area contributed by atoms with Crippen molar-refractivity contribution in [3.8, 4) is 5.75 Å². The quantitative estimate of drug-likeness (QED) is 0.661. The van der Waals surface area contributed by atoms with Crippen LogP contribution in [-0.4, -0.2) is 22.9 Å². The first kappa shape index (κ1) is 15.7. The Morgan fingerprint density at radius 3 is 2.67 bits per heavy atom. The van der Waals surface area contributed by atoms with Gasteiger partial charge in [0.25, 0.3) is 11.8 Å². The molecule has 0 unspecified atom stereocenters. The van der Waals surface area contributed by atoms with E-state index >= 15 is 0 Å². The standard InChI is InChI=1S/C18H15NO5/c1-10-7-13(20)6-5-12(10)9-24-15(21)8-11-3-2-4-14-16(11)18(23)19-17(14)22/h2-7,20H,8-9H2,1H3,(H,19,22,23). The number of phenolic OH excluding ortho intramolecular Hbond substituents is 1. The second-order valence-corrected chi connectivity index (χ2v) is 5.57. The molecule has 0 aliphatic carbocycles. The largest absolute Gasteiger partial charge is 0.508 e. The summed E-state index contributed by atoms with van der Waals surface area (Å²) < 4.78 is 5.24. The fraction of sp³-hybridized carbons (Fsp3) is 0.167. The van der Waals surface area contributed by atoms with Gasteiger partial charge in [-0.25, -0.2) is 0 Å². The lowest BCUT2D eigenvalue weighted by Crippen LogP contribution is -2.20. The molecule has 0 atom stereocenters. The van der Waals surface area contributed by atoms with E-state index in [0.717, 1.165) is 11.1 Å². The van der Waals surface area contributed by atoms with Crippen LogP contribution in [0.25, 0.3) is 0 Å². The number of ether oxygens (including phenoxy) is 1. The molecule has 0 fully saturated rings. The molecule has 0 spiro atoms. The highest BCUT2D eigenvalue weighted by Gasteiger charge is 2.29. The fourth-order valence-electron chi connectivity index (χ4n) is 2.64. The van der Waals surface area contributed by atoms with Gasteiger partial charge in [0.1, 0.15) is 12.4 Å². The normalized spacial score (nSPS) is 12.7. The third-order valence-electron chi connectivity index (χ3n) is 3.90. The number of aryl methyl sites for hydroxylation is 1. The van der Waals surface area contributed by atoms with Crippen LogP contribution in [0.4, 0.5) is 0 Å². The van der Waals surface area contributed by atoms with E-state index in [0.29, 0.717) is 5.56 Å². The summed E-state index contributed by atoms with van der Waals surface area (Å²) in [5, 5.41) is 11.6. The Morgan fingerprint density at radius 2 is 1.92 bits per heavy atom. The third-order valence-corrected chi connectivity index (χ3v) is 3.90. The van der Waals surface area contributed by atoms with Gasteiger partial charge in [-0.05, 0) is 41.8 Å². The zero-order valence-electron chi connectivity index (χ0n) is 13.0. The summed E-state index contributed by atoms with van der Waals surface area (Å²) in [4.78, 5) is 35.5. The molecule has 2 N–H and O–H groups in total. The average molecular weight is 325 g/mol. The van der Waals surface area contributed by atoms with Gasteiger partial charge in [-0.1, -0.05) is 18.2 Å². The zero-order chi connectivity index (χ0) is 17.3. The Bertz CT molecular complexity index is 856. The van der Waals surface area contributed by atoms with E-state index in [1.807, 2.05) is 6.92 Å². The van der Waals surface area contributed by atoms with Gasteiger partial charge in [0.2, 0.25) is 0 Å². The lowest BCUT2D eigenvalue weighted by atomic mass is 10.0. The minimum absolute atomic E-state index is 0.0745. The van der Waals surface area contributed by atoms with Gasteiger partial charge in [-0.3, -0.25) is 19.7 Å². The Kier molecular flexibility index (Phi) is 4.04. The molecular weight excluding hydrogens is 310 g/mol. The van der Waals surface area contributed by atoms with Crippen molar-refractivity contribution in [1.29, 1.82) is 0 Å². The van der Waals surface area contributed by atoms with Crippen LogP contribution in [0.1, 0.15) is 37.4 Å². The van der Waals surface area contributed by atoms with E-state index in [2.05, 4.69) is 5.32 Å². The minimum Gasteiger partial charge on any atom is -0.508 e. The predicted molar refractivity (Wildman–Crippen MR) is 84.6 cm³/mol. The summed E-state index contributed by atoms with van der Waals surface area (Å²) in [7, 11) is 0. The van der Waals surface area contributed by atoms with E-state index in [1.165, 1.54) is 6.07 Å². The Labute approximate surface area is 138 Å². The van der Waals surface area contributed by atoms with Crippen molar-refractivity contribution in [2.45, 2.75) is 20.0 Å². The van der Waals surface area contributed by atoms with Gasteiger partial charge in [0, 0.05) is 0 Å². The maximum absolute atomic E-state index is 12.1. The number of rotatable bonds is 4. The highest BCUT2D eigenvalue weighted by molar-refractivity contribution is 6.22. The van der Waals surface area contributed by atoms with Gasteiger partial charge in [-0.2, -0.15) is 0 Å². The second-order valence-electron chi connectivity index (χ2n) is 5.57. The first-order valence-corrected chi connectivity index (χ1v) is 7.37. The summed E-state index contributed by atoms with van der Waals surface area (Å²) in [5.41, 5.74) is 2.57. The number of imide groups is 1. The molecule has 24 heavy (non-hydrogen) atoms. The van der Waals surface area contributed by atoms with Crippen molar-refractivity contribution < 1.29 is 24.2 Å². The zero-order valence-corrected chi connectivity index (χ0v) is 13.0. The van der Waals surface area contributed by atoms with Crippen molar-refractivity contribution in [1.82, 2.24) is 5.32 Å². The Balaban J connectivity index is 1.70. The van der Waals surface area contributed by atoms with E-state index < -0.39 is 17.8 Å². The molecule has 0 aromatic heterocycles. The van der Waals surface area contributed by atoms with Gasteiger partial charge in [-0.15, -0.1) is 0 Å². The number of hydrogen-bond acceptors (Lipinski definition) is 5. The monoisotopic (exact) mass is 325 g/mol. The summed E-state index contributed by atoms with van der Waals surface area (Å²) in [6.45, 7) is 1.88. The summed E-state index contributed by atoms with van der Waals surface area (Å²) in [6, 6.07) is 9.60. The number of benzene rings is 2. The number of carbonyl (C=O) groups is 3. The molecule has 3 rings (SSSR count). The summed E-state index contributed by atoms with van der Waals surface area (Å²) >= 11 is 0. The minimum atomic E-state index is -0.497. The van der Waals surface area contributed by atoms with Crippen molar-refractivity contribution in [3.05, 3.63) is 64.2 Å². The molecule has 6 nitrogen and oxygen atoms in total. The molecule has 0 bridgehead atoms. The van der Waals surface area contributed by atoms with Gasteiger partial charge in [0.15, 0.2) is 0 Å². The third kappa shape index (κ3) is 2.99. The van der Waals surface area contributed by atoms with E-state index in [4.69, 9.17) is 4.74 Å². The molecule has 1 aliphatic rings. The maximum Gasteiger partial charge on any atom is 0.310 e. The van der Waals surface area contributed by atoms with E-state index in [1.54, 1.807) is 30.3 Å². The fourth-order valence-corrected chi connectivity index (χ4v) is 2.64. The molecule has 1 aliphatic heterocycles. The van der Waals surface area contributed by atoms with Crippen LogP contribution in [0.15, 0.2) is 36.4 Å². The highest BCUT2D eigenvalue weighted by atomic mass is 16.5. The molecule has 2 aromatic carbocycles. The molecule has 2 amide bonds. The number of aromatic hydroxyl groups is 1. The average Bonchev–Trinajstić information content (AvgIpc) is 2.82. The molecule has 6 heteroatoms. The van der Waals surface area contributed by atoms with Crippen LogP contribution >= 0.6 is 0 Å². The Hall–Kier alpha value is -3.15. The van der Waals surface area contributed by atoms with Crippen LogP contribution in [-0.2, 0) is 22.6 Å². The SMILES string of the molecule is Cc1cc(O)ccc1COC(=O)Cc1cccc2c1C(=O)NC2=O. The van der Waals surface area contributed by atoms with Crippen molar-refractivity contribution in [3.63, 3.8) is 0 Å².